The van der Waals surface area contributed by atoms with Crippen LogP contribution in [0.25, 0.3) is 0 Å². The molecular weight excluding hydrogens is 376 g/mol. The van der Waals surface area contributed by atoms with Crippen molar-refractivity contribution in [3.63, 3.8) is 0 Å². The molecule has 0 bridgehead atoms. The number of carboxylic acid groups (broad SMARTS) is 1. The van der Waals surface area contributed by atoms with Crippen LogP contribution in [0.2, 0.25) is 0 Å². The Kier molecular flexibility index (Phi) is 13.7. The highest BCUT2D eigenvalue weighted by atomic mass is 16.5. The maximum Gasteiger partial charge on any atom is 0.305 e. The van der Waals surface area contributed by atoms with E-state index in [0.717, 1.165) is 44.9 Å². The summed E-state index contributed by atoms with van der Waals surface area (Å²) in [5.74, 6) is -0.381. The Morgan fingerprint density at radius 1 is 0.833 bits per heavy atom. The second-order valence-electron chi connectivity index (χ2n) is 7.70. The van der Waals surface area contributed by atoms with Crippen LogP contribution >= 0.6 is 0 Å². The summed E-state index contributed by atoms with van der Waals surface area (Å²) in [7, 11) is 1.44. The lowest BCUT2D eigenvalue weighted by Crippen LogP contribution is -2.07. The third-order valence-electron chi connectivity index (χ3n) is 4.95. The summed E-state index contributed by atoms with van der Waals surface area (Å²) < 4.78 is 4.65. The van der Waals surface area contributed by atoms with Crippen LogP contribution in [0.5, 0.6) is 0 Å². The zero-order valence-corrected chi connectivity index (χ0v) is 18.4. The average molecular weight is 413 g/mol. The minimum absolute atomic E-state index is 0.104. The summed E-state index contributed by atoms with van der Waals surface area (Å²) in [5, 5.41) is 8.43. The summed E-state index contributed by atoms with van der Waals surface area (Å²) in [4.78, 5) is 21.3. The van der Waals surface area contributed by atoms with Crippen LogP contribution in [-0.2, 0) is 27.2 Å². The van der Waals surface area contributed by atoms with Crippen molar-refractivity contribution in [3.8, 4) is 0 Å². The molecule has 2 aromatic rings. The highest BCUT2D eigenvalue weighted by Gasteiger charge is 2.08. The van der Waals surface area contributed by atoms with E-state index in [9.17, 15) is 9.59 Å². The quantitative estimate of drug-likeness (QED) is 0.339. The van der Waals surface area contributed by atoms with Gasteiger partial charge in [0, 0.05) is 12.8 Å². The van der Waals surface area contributed by atoms with Crippen molar-refractivity contribution in [2.45, 2.75) is 64.7 Å². The molecule has 0 heterocycles. The van der Waals surface area contributed by atoms with Crippen molar-refractivity contribution < 1.29 is 19.4 Å². The van der Waals surface area contributed by atoms with E-state index in [2.05, 4.69) is 48.1 Å². The summed E-state index contributed by atoms with van der Waals surface area (Å²) in [6, 6.07) is 20.7. The van der Waals surface area contributed by atoms with Crippen molar-refractivity contribution in [2.24, 2.45) is 5.92 Å². The third kappa shape index (κ3) is 13.5. The molecule has 2 aromatic carbocycles. The number of ether oxygens (including phenoxy) is 1. The van der Waals surface area contributed by atoms with Gasteiger partial charge < -0.3 is 9.84 Å². The van der Waals surface area contributed by atoms with E-state index >= 15 is 0 Å². The molecule has 4 heteroatoms. The number of benzene rings is 2. The number of methoxy groups -OCH3 is 1. The molecule has 0 saturated heterocycles. The van der Waals surface area contributed by atoms with Crippen molar-refractivity contribution in [1.82, 2.24) is 0 Å². The first-order valence-corrected chi connectivity index (χ1v) is 10.9. The van der Waals surface area contributed by atoms with Gasteiger partial charge in [0.05, 0.1) is 7.11 Å². The standard InChI is InChI=1S/C14H20O2.C12H16O2/c1-12(11-14(15)16-2)7-6-10-13-8-4-3-5-9-13;13-12(14)10-6-2-5-9-11-7-3-1-4-8-11/h3-5,8-9,12H,6-7,10-11H2,1-2H3;1,3-4,7-8H,2,5-6,9-10H2,(H,13,14). The lowest BCUT2D eigenvalue weighted by molar-refractivity contribution is -0.141. The molecule has 0 aromatic heterocycles. The number of unbranched alkanes of at least 4 members (excludes halogenated alkanes) is 2. The monoisotopic (exact) mass is 412 g/mol. The van der Waals surface area contributed by atoms with E-state index < -0.39 is 5.97 Å². The zero-order chi connectivity index (χ0) is 22.0. The molecule has 0 aliphatic carbocycles. The van der Waals surface area contributed by atoms with Gasteiger partial charge in [-0.05, 0) is 55.6 Å². The fourth-order valence-electron chi connectivity index (χ4n) is 3.20. The van der Waals surface area contributed by atoms with Crippen LogP contribution in [0, 0.1) is 5.92 Å². The first-order chi connectivity index (χ1) is 14.5. The van der Waals surface area contributed by atoms with Gasteiger partial charge in [0.15, 0.2) is 0 Å². The molecule has 0 aliphatic rings. The molecule has 4 nitrogen and oxygen atoms in total. The molecule has 2 rings (SSSR count). The Hall–Kier alpha value is -2.62. The van der Waals surface area contributed by atoms with Gasteiger partial charge in [-0.15, -0.1) is 0 Å². The van der Waals surface area contributed by atoms with Crippen LogP contribution in [-0.4, -0.2) is 24.2 Å². The third-order valence-corrected chi connectivity index (χ3v) is 4.95. The van der Waals surface area contributed by atoms with Crippen molar-refractivity contribution >= 4 is 11.9 Å². The van der Waals surface area contributed by atoms with Gasteiger partial charge in [0.2, 0.25) is 0 Å². The number of esters is 1. The molecule has 0 aliphatic heterocycles. The Labute approximate surface area is 181 Å². The number of hydrogen-bond donors (Lipinski definition) is 1. The largest absolute Gasteiger partial charge is 0.481 e. The summed E-state index contributed by atoms with van der Waals surface area (Å²) in [5.41, 5.74) is 2.70. The fourth-order valence-corrected chi connectivity index (χ4v) is 3.20. The number of carbonyl (C=O) groups excluding carboxylic acids is 1. The topological polar surface area (TPSA) is 63.6 Å². The van der Waals surface area contributed by atoms with Gasteiger partial charge in [0.1, 0.15) is 0 Å². The lowest BCUT2D eigenvalue weighted by Gasteiger charge is -2.09. The molecule has 0 fully saturated rings. The van der Waals surface area contributed by atoms with Gasteiger partial charge in [-0.1, -0.05) is 74.0 Å². The molecule has 1 unspecified atom stereocenters. The number of aliphatic carboxylic acids is 1. The van der Waals surface area contributed by atoms with E-state index in [-0.39, 0.29) is 5.97 Å². The highest BCUT2D eigenvalue weighted by molar-refractivity contribution is 5.69. The predicted molar refractivity (Wildman–Crippen MR) is 121 cm³/mol. The number of aryl methyl sites for hydroxylation is 2. The van der Waals surface area contributed by atoms with Crippen molar-refractivity contribution in [3.05, 3.63) is 71.8 Å². The Morgan fingerprint density at radius 2 is 1.37 bits per heavy atom. The van der Waals surface area contributed by atoms with E-state index in [4.69, 9.17) is 5.11 Å². The maximum atomic E-state index is 11.0. The molecule has 1 atom stereocenters. The zero-order valence-electron chi connectivity index (χ0n) is 18.4. The smallest absolute Gasteiger partial charge is 0.305 e. The van der Waals surface area contributed by atoms with Gasteiger partial charge >= 0.3 is 11.9 Å². The number of rotatable bonds is 12. The van der Waals surface area contributed by atoms with Gasteiger partial charge in [-0.2, -0.15) is 0 Å². The Balaban J connectivity index is 0.000000303. The average Bonchev–Trinajstić information content (AvgIpc) is 2.75. The van der Waals surface area contributed by atoms with Crippen molar-refractivity contribution in [1.29, 1.82) is 0 Å². The SMILES string of the molecule is COC(=O)CC(C)CCCc1ccccc1.O=C(O)CCCCCc1ccccc1. The minimum atomic E-state index is -0.690. The Bertz CT molecular complexity index is 697. The fraction of sp³-hybridized carbons (Fsp3) is 0.462. The normalized spacial score (nSPS) is 11.1. The molecule has 0 radical (unpaired) electrons. The minimum Gasteiger partial charge on any atom is -0.481 e. The molecule has 164 valence electrons. The molecule has 30 heavy (non-hydrogen) atoms. The summed E-state index contributed by atoms with van der Waals surface area (Å²) in [6.07, 6.45) is 8.06. The van der Waals surface area contributed by atoms with Gasteiger partial charge in [-0.3, -0.25) is 9.59 Å². The second-order valence-corrected chi connectivity index (χ2v) is 7.70. The van der Waals surface area contributed by atoms with Gasteiger partial charge in [0.25, 0.3) is 0 Å². The highest BCUT2D eigenvalue weighted by Crippen LogP contribution is 2.14. The first kappa shape index (κ1) is 25.4. The van der Waals surface area contributed by atoms with E-state index in [0.29, 0.717) is 18.8 Å². The Morgan fingerprint density at radius 3 is 1.87 bits per heavy atom. The number of carboxylic acids is 1. The van der Waals surface area contributed by atoms with Gasteiger partial charge in [-0.25, -0.2) is 0 Å². The molecule has 0 amide bonds. The maximum absolute atomic E-state index is 11.0. The van der Waals surface area contributed by atoms with E-state index in [1.807, 2.05) is 24.3 Å². The molecular formula is C26H36O4. The molecule has 1 N–H and O–H groups in total. The molecule has 0 spiro atoms. The number of carbonyl (C=O) groups is 2. The summed E-state index contributed by atoms with van der Waals surface area (Å²) >= 11 is 0. The van der Waals surface area contributed by atoms with E-state index in [1.165, 1.54) is 18.2 Å². The van der Waals surface area contributed by atoms with Crippen LogP contribution in [0.3, 0.4) is 0 Å². The number of hydrogen-bond acceptors (Lipinski definition) is 3. The van der Waals surface area contributed by atoms with Crippen LogP contribution < -0.4 is 0 Å². The van der Waals surface area contributed by atoms with E-state index in [1.54, 1.807) is 0 Å². The first-order valence-electron chi connectivity index (χ1n) is 10.9. The predicted octanol–water partition coefficient (Wildman–Crippen LogP) is 6.08. The van der Waals surface area contributed by atoms with Crippen molar-refractivity contribution in [2.75, 3.05) is 7.11 Å². The second kappa shape index (κ2) is 16.2. The van der Waals surface area contributed by atoms with Crippen LogP contribution in [0.1, 0.15) is 63.0 Å². The summed E-state index contributed by atoms with van der Waals surface area (Å²) in [6.45, 7) is 2.10. The van der Waals surface area contributed by atoms with Crippen LogP contribution in [0.4, 0.5) is 0 Å². The van der Waals surface area contributed by atoms with Crippen LogP contribution in [0.15, 0.2) is 60.7 Å². The molecule has 0 saturated carbocycles. The lowest BCUT2D eigenvalue weighted by atomic mass is 9.98.